The van der Waals surface area contributed by atoms with Gasteiger partial charge in [0.25, 0.3) is 0 Å². The normalized spacial score (nSPS) is 20.6. The number of methoxy groups -OCH3 is 1. The summed E-state index contributed by atoms with van der Waals surface area (Å²) in [5.41, 5.74) is 2.65. The lowest BCUT2D eigenvalue weighted by molar-refractivity contribution is 0.0822. The Morgan fingerprint density at radius 1 is 1.11 bits per heavy atom. The lowest BCUT2D eigenvalue weighted by Crippen LogP contribution is -2.48. The summed E-state index contributed by atoms with van der Waals surface area (Å²) in [6.45, 7) is 4.98. The van der Waals surface area contributed by atoms with E-state index in [-0.39, 0.29) is 6.61 Å². The Bertz CT molecular complexity index is 809. The van der Waals surface area contributed by atoms with Gasteiger partial charge in [0.05, 0.1) is 13.7 Å². The van der Waals surface area contributed by atoms with E-state index in [0.717, 1.165) is 49.9 Å². The van der Waals surface area contributed by atoms with E-state index in [1.807, 2.05) is 23.9 Å². The number of β-amino-alcohol motifs (C(OH)–C–C–N with tert-alkyl or cyclic N) is 1. The number of benzene rings is 2. The molecular formula is C21H25ClN2O2S. The van der Waals surface area contributed by atoms with Crippen LogP contribution in [0.4, 0.5) is 0 Å². The van der Waals surface area contributed by atoms with Crippen LogP contribution in [0.5, 0.6) is 5.75 Å². The van der Waals surface area contributed by atoms with Gasteiger partial charge in [-0.1, -0.05) is 23.4 Å². The van der Waals surface area contributed by atoms with Crippen molar-refractivity contribution >= 4 is 23.4 Å². The van der Waals surface area contributed by atoms with Crippen LogP contribution in [0.3, 0.4) is 0 Å². The third kappa shape index (κ3) is 4.13. The zero-order valence-electron chi connectivity index (χ0n) is 15.5. The number of piperazine rings is 1. The number of ether oxygens (including phenoxy) is 1. The minimum Gasteiger partial charge on any atom is -0.497 e. The van der Waals surface area contributed by atoms with Crippen LogP contribution in [0.25, 0.3) is 0 Å². The lowest BCUT2D eigenvalue weighted by Gasteiger charge is -2.39. The van der Waals surface area contributed by atoms with Gasteiger partial charge in [0, 0.05) is 53.6 Å². The van der Waals surface area contributed by atoms with Crippen LogP contribution < -0.4 is 4.74 Å². The molecule has 1 N–H and O–H groups in total. The first kappa shape index (κ1) is 19.1. The van der Waals surface area contributed by atoms with Crippen molar-refractivity contribution in [3.63, 3.8) is 0 Å². The summed E-state index contributed by atoms with van der Waals surface area (Å²) < 4.78 is 5.52. The van der Waals surface area contributed by atoms with Gasteiger partial charge in [-0.05, 0) is 53.9 Å². The number of rotatable bonds is 4. The van der Waals surface area contributed by atoms with Crippen molar-refractivity contribution in [2.24, 2.45) is 0 Å². The van der Waals surface area contributed by atoms with Gasteiger partial charge in [-0.25, -0.2) is 0 Å². The average Bonchev–Trinajstić information content (AvgIpc) is 2.85. The first-order valence-corrected chi connectivity index (χ1v) is 10.6. The highest BCUT2D eigenvalue weighted by Crippen LogP contribution is 2.44. The third-order valence-corrected chi connectivity index (χ3v) is 6.94. The summed E-state index contributed by atoms with van der Waals surface area (Å²) in [6, 6.07) is 12.9. The van der Waals surface area contributed by atoms with E-state index in [4.69, 9.17) is 16.3 Å². The van der Waals surface area contributed by atoms with Gasteiger partial charge in [0.2, 0.25) is 0 Å². The van der Waals surface area contributed by atoms with Crippen molar-refractivity contribution in [1.29, 1.82) is 0 Å². The van der Waals surface area contributed by atoms with Gasteiger partial charge in [-0.2, -0.15) is 0 Å². The van der Waals surface area contributed by atoms with E-state index in [9.17, 15) is 5.11 Å². The van der Waals surface area contributed by atoms with Gasteiger partial charge < -0.3 is 9.84 Å². The predicted molar refractivity (Wildman–Crippen MR) is 110 cm³/mol. The molecule has 4 rings (SSSR count). The van der Waals surface area contributed by atoms with Gasteiger partial charge in [0.1, 0.15) is 5.75 Å². The molecule has 27 heavy (non-hydrogen) atoms. The Balaban J connectivity index is 1.68. The molecular weight excluding hydrogens is 380 g/mol. The monoisotopic (exact) mass is 404 g/mol. The molecule has 2 heterocycles. The molecule has 0 bridgehead atoms. The molecule has 0 radical (unpaired) electrons. The SMILES string of the molecule is COc1ccc2c(c1)C(N1CCN(CCO)CC1)Cc1cc(Cl)ccc1S2. The van der Waals surface area contributed by atoms with Crippen LogP contribution in [0.1, 0.15) is 17.2 Å². The van der Waals surface area contributed by atoms with Gasteiger partial charge in [0.15, 0.2) is 0 Å². The number of aliphatic hydroxyl groups is 1. The van der Waals surface area contributed by atoms with Crippen molar-refractivity contribution in [1.82, 2.24) is 9.80 Å². The Morgan fingerprint density at radius 3 is 2.63 bits per heavy atom. The Morgan fingerprint density at radius 2 is 1.89 bits per heavy atom. The van der Waals surface area contributed by atoms with Crippen LogP contribution in [0.2, 0.25) is 5.02 Å². The van der Waals surface area contributed by atoms with Gasteiger partial charge in [-0.15, -0.1) is 0 Å². The van der Waals surface area contributed by atoms with Gasteiger partial charge in [-0.3, -0.25) is 9.80 Å². The second kappa shape index (κ2) is 8.41. The molecule has 2 aromatic rings. The summed E-state index contributed by atoms with van der Waals surface area (Å²) in [7, 11) is 1.72. The number of halogens is 1. The molecule has 2 aliphatic rings. The topological polar surface area (TPSA) is 35.9 Å². The molecule has 1 unspecified atom stereocenters. The van der Waals surface area contributed by atoms with Crippen molar-refractivity contribution in [2.75, 3.05) is 46.4 Å². The summed E-state index contributed by atoms with van der Waals surface area (Å²) in [4.78, 5) is 7.48. The first-order chi connectivity index (χ1) is 13.2. The maximum Gasteiger partial charge on any atom is 0.119 e. The van der Waals surface area contributed by atoms with Crippen LogP contribution >= 0.6 is 23.4 Å². The number of hydrogen-bond acceptors (Lipinski definition) is 5. The van der Waals surface area contributed by atoms with Gasteiger partial charge >= 0.3 is 0 Å². The quantitative estimate of drug-likeness (QED) is 0.840. The van der Waals surface area contributed by atoms with E-state index >= 15 is 0 Å². The van der Waals surface area contributed by atoms with E-state index in [2.05, 4.69) is 34.1 Å². The second-order valence-electron chi connectivity index (χ2n) is 7.08. The third-order valence-electron chi connectivity index (χ3n) is 5.50. The summed E-state index contributed by atoms with van der Waals surface area (Å²) in [5, 5.41) is 10.0. The standard InChI is InChI=1S/C21H25ClN2O2S/c1-26-17-3-5-21-18(14-17)19(24-8-6-23(7-9-24)10-11-25)13-15-12-16(22)2-4-20(15)27-21/h2-5,12,14,19,25H,6-11,13H2,1H3. The molecule has 2 aromatic carbocycles. The number of fused-ring (bicyclic) bond motifs is 2. The number of hydrogen-bond donors (Lipinski definition) is 1. The molecule has 1 atom stereocenters. The molecule has 0 amide bonds. The Kier molecular flexibility index (Phi) is 5.95. The van der Waals surface area contributed by atoms with Crippen LogP contribution in [0.15, 0.2) is 46.2 Å². The predicted octanol–water partition coefficient (Wildman–Crippen LogP) is 3.71. The number of aliphatic hydroxyl groups excluding tert-OH is 1. The summed E-state index contributed by atoms with van der Waals surface area (Å²) in [6.07, 6.45) is 0.947. The van der Waals surface area contributed by atoms with E-state index in [1.165, 1.54) is 20.9 Å². The molecule has 1 saturated heterocycles. The highest BCUT2D eigenvalue weighted by atomic mass is 35.5. The second-order valence-corrected chi connectivity index (χ2v) is 8.60. The maximum atomic E-state index is 9.21. The molecule has 0 aliphatic carbocycles. The Labute approximate surface area is 170 Å². The fourth-order valence-corrected chi connectivity index (χ4v) is 5.31. The summed E-state index contributed by atoms with van der Waals surface area (Å²) in [5.74, 6) is 0.905. The molecule has 0 spiro atoms. The van der Waals surface area contributed by atoms with Crippen LogP contribution in [0, 0.1) is 0 Å². The van der Waals surface area contributed by atoms with Crippen LogP contribution in [-0.2, 0) is 6.42 Å². The minimum absolute atomic E-state index is 0.228. The zero-order chi connectivity index (χ0) is 18.8. The van der Waals surface area contributed by atoms with Crippen molar-refractivity contribution in [3.8, 4) is 5.75 Å². The molecule has 144 valence electrons. The molecule has 0 saturated carbocycles. The van der Waals surface area contributed by atoms with Crippen molar-refractivity contribution in [3.05, 3.63) is 52.5 Å². The van der Waals surface area contributed by atoms with E-state index in [0.29, 0.717) is 6.04 Å². The van der Waals surface area contributed by atoms with Crippen molar-refractivity contribution in [2.45, 2.75) is 22.3 Å². The maximum absolute atomic E-state index is 9.21. The smallest absolute Gasteiger partial charge is 0.119 e. The average molecular weight is 405 g/mol. The molecule has 0 aromatic heterocycles. The highest BCUT2D eigenvalue weighted by molar-refractivity contribution is 7.99. The Hall–Kier alpha value is -1.24. The molecule has 1 fully saturated rings. The fourth-order valence-electron chi connectivity index (χ4n) is 4.02. The fraction of sp³-hybridized carbons (Fsp3) is 0.429. The van der Waals surface area contributed by atoms with Crippen molar-refractivity contribution < 1.29 is 9.84 Å². The lowest BCUT2D eigenvalue weighted by atomic mass is 9.96. The molecule has 4 nitrogen and oxygen atoms in total. The first-order valence-electron chi connectivity index (χ1n) is 9.39. The zero-order valence-corrected chi connectivity index (χ0v) is 17.1. The highest BCUT2D eigenvalue weighted by Gasteiger charge is 2.30. The van der Waals surface area contributed by atoms with E-state index < -0.39 is 0 Å². The number of nitrogens with zero attached hydrogens (tertiary/aromatic N) is 2. The van der Waals surface area contributed by atoms with E-state index in [1.54, 1.807) is 7.11 Å². The van der Waals surface area contributed by atoms with Crippen LogP contribution in [-0.4, -0.2) is 61.3 Å². The minimum atomic E-state index is 0.228. The molecule has 2 aliphatic heterocycles. The largest absolute Gasteiger partial charge is 0.497 e. The summed E-state index contributed by atoms with van der Waals surface area (Å²) >= 11 is 8.13. The molecule has 6 heteroatoms.